The minimum Gasteiger partial charge on any atom is -0.507 e. The van der Waals surface area contributed by atoms with Crippen molar-refractivity contribution in [3.8, 4) is 17.0 Å². The van der Waals surface area contributed by atoms with Gasteiger partial charge in [-0.3, -0.25) is 4.79 Å². The minimum atomic E-state index is -0.350. The predicted molar refractivity (Wildman–Crippen MR) is 133 cm³/mol. The van der Waals surface area contributed by atoms with Gasteiger partial charge in [-0.05, 0) is 48.7 Å². The van der Waals surface area contributed by atoms with Crippen molar-refractivity contribution in [2.45, 2.75) is 52.0 Å². The largest absolute Gasteiger partial charge is 0.507 e. The van der Waals surface area contributed by atoms with Gasteiger partial charge >= 0.3 is 6.03 Å². The first-order valence-electron chi connectivity index (χ1n) is 11.6. The molecule has 2 amide bonds. The molecule has 3 aromatic rings. The summed E-state index contributed by atoms with van der Waals surface area (Å²) in [7, 11) is 0. The van der Waals surface area contributed by atoms with Crippen LogP contribution in [-0.4, -0.2) is 26.8 Å². The van der Waals surface area contributed by atoms with Gasteiger partial charge in [0.15, 0.2) is 0 Å². The highest BCUT2D eigenvalue weighted by molar-refractivity contribution is 6.31. The Kier molecular flexibility index (Phi) is 7.22. The van der Waals surface area contributed by atoms with Crippen molar-refractivity contribution in [1.29, 1.82) is 0 Å². The Morgan fingerprint density at radius 1 is 1.15 bits per heavy atom. The molecule has 0 aliphatic heterocycles. The Balaban J connectivity index is 1.64. The maximum atomic E-state index is 13.2. The molecule has 178 valence electrons. The summed E-state index contributed by atoms with van der Waals surface area (Å²) in [6, 6.07) is 13.7. The molecular weight excluding hydrogens is 452 g/mol. The Labute approximate surface area is 204 Å². The summed E-state index contributed by atoms with van der Waals surface area (Å²) in [6.45, 7) is 3.90. The lowest BCUT2D eigenvalue weighted by molar-refractivity contribution is -0.118. The first-order chi connectivity index (χ1) is 16.3. The number of phenolic OH excluding ortho intramolecular Hbond substituents is 1. The number of nitrogens with zero attached hydrogens (tertiary/aromatic N) is 2. The number of aromatic hydroxyl groups is 1. The molecule has 1 fully saturated rings. The van der Waals surface area contributed by atoms with E-state index in [4.69, 9.17) is 11.6 Å². The molecule has 2 aromatic carbocycles. The number of aromatic nitrogens is 2. The van der Waals surface area contributed by atoms with Crippen LogP contribution in [0.15, 0.2) is 48.5 Å². The Bertz CT molecular complexity index is 1200. The van der Waals surface area contributed by atoms with Crippen molar-refractivity contribution in [3.63, 3.8) is 0 Å². The number of nitrogens with one attached hydrogen (secondary N) is 2. The number of benzene rings is 2. The second-order valence-corrected chi connectivity index (χ2v) is 9.38. The van der Waals surface area contributed by atoms with Crippen molar-refractivity contribution in [1.82, 2.24) is 15.1 Å². The summed E-state index contributed by atoms with van der Waals surface area (Å²) in [6.07, 6.45) is 4.18. The minimum absolute atomic E-state index is 0.0293. The van der Waals surface area contributed by atoms with E-state index in [2.05, 4.69) is 15.7 Å². The maximum Gasteiger partial charge on any atom is 0.342 e. The fraction of sp³-hybridized carbons (Fsp3) is 0.346. The average Bonchev–Trinajstić information content (AvgIpc) is 3.49. The third-order valence-electron chi connectivity index (χ3n) is 6.16. The maximum absolute atomic E-state index is 13.2. The zero-order chi connectivity index (χ0) is 24.2. The number of carbonyl (C=O) groups excluding carboxylic acids is 2. The lowest BCUT2D eigenvalue weighted by atomic mass is 10.0. The van der Waals surface area contributed by atoms with E-state index in [9.17, 15) is 14.7 Å². The molecule has 0 bridgehead atoms. The lowest BCUT2D eigenvalue weighted by Crippen LogP contribution is -2.30. The Morgan fingerprint density at radius 3 is 2.59 bits per heavy atom. The molecule has 0 saturated heterocycles. The summed E-state index contributed by atoms with van der Waals surface area (Å²) in [5.74, 6) is -0.0417. The molecule has 1 aliphatic rings. The van der Waals surface area contributed by atoms with E-state index < -0.39 is 0 Å². The van der Waals surface area contributed by atoms with Crippen LogP contribution < -0.4 is 10.6 Å². The number of hydrogen-bond acceptors (Lipinski definition) is 4. The Morgan fingerprint density at radius 2 is 1.88 bits per heavy atom. The summed E-state index contributed by atoms with van der Waals surface area (Å²) >= 11 is 6.23. The molecule has 3 N–H and O–H groups in total. The van der Waals surface area contributed by atoms with E-state index >= 15 is 0 Å². The van der Waals surface area contributed by atoms with Gasteiger partial charge in [0.05, 0.1) is 11.4 Å². The number of hydrogen-bond donors (Lipinski definition) is 3. The zero-order valence-corrected chi connectivity index (χ0v) is 20.1. The van der Waals surface area contributed by atoms with E-state index in [0.717, 1.165) is 36.9 Å². The second kappa shape index (κ2) is 10.3. The molecule has 0 spiro atoms. The highest BCUT2D eigenvalue weighted by Gasteiger charge is 2.26. The SMILES string of the molecule is CC(C)C(=O)Nc1ccc(O)c(-c2cc(C3CCCC3)n(C(=O)NCc3ccccc3Cl)n2)c1. The normalized spacial score (nSPS) is 13.9. The monoisotopic (exact) mass is 480 g/mol. The van der Waals surface area contributed by atoms with Crippen LogP contribution in [0.5, 0.6) is 5.75 Å². The fourth-order valence-corrected chi connectivity index (χ4v) is 4.40. The highest BCUT2D eigenvalue weighted by atomic mass is 35.5. The molecule has 1 aromatic heterocycles. The number of rotatable bonds is 6. The van der Waals surface area contributed by atoms with Gasteiger partial charge in [-0.2, -0.15) is 9.78 Å². The molecule has 34 heavy (non-hydrogen) atoms. The van der Waals surface area contributed by atoms with Crippen molar-refractivity contribution in [3.05, 3.63) is 64.8 Å². The zero-order valence-electron chi connectivity index (χ0n) is 19.3. The summed E-state index contributed by atoms with van der Waals surface area (Å²) in [5, 5.41) is 21.5. The molecular formula is C26H29ClN4O3. The molecule has 0 unspecified atom stereocenters. The van der Waals surface area contributed by atoms with Crippen LogP contribution in [0.1, 0.15) is 56.7 Å². The molecule has 8 heteroatoms. The number of halogens is 1. The van der Waals surface area contributed by atoms with Crippen molar-refractivity contribution in [2.75, 3.05) is 5.32 Å². The van der Waals surface area contributed by atoms with Gasteiger partial charge in [-0.1, -0.05) is 56.5 Å². The van der Waals surface area contributed by atoms with Crippen LogP contribution in [0.4, 0.5) is 10.5 Å². The summed E-state index contributed by atoms with van der Waals surface area (Å²) < 4.78 is 1.40. The molecule has 7 nitrogen and oxygen atoms in total. The highest BCUT2D eigenvalue weighted by Crippen LogP contribution is 2.38. The number of anilines is 1. The third-order valence-corrected chi connectivity index (χ3v) is 6.52. The van der Waals surface area contributed by atoms with Gasteiger partial charge in [-0.15, -0.1) is 0 Å². The van der Waals surface area contributed by atoms with Crippen molar-refractivity contribution in [2.24, 2.45) is 5.92 Å². The van der Waals surface area contributed by atoms with Crippen molar-refractivity contribution >= 4 is 29.2 Å². The van der Waals surface area contributed by atoms with Crippen LogP contribution in [0.2, 0.25) is 5.02 Å². The van der Waals surface area contributed by atoms with Crippen LogP contribution in [-0.2, 0) is 11.3 Å². The number of carbonyl (C=O) groups is 2. The van der Waals surface area contributed by atoms with E-state index in [0.29, 0.717) is 22.0 Å². The van der Waals surface area contributed by atoms with Crippen LogP contribution in [0.25, 0.3) is 11.3 Å². The average molecular weight is 481 g/mol. The Hall–Kier alpha value is -3.32. The van der Waals surface area contributed by atoms with Gasteiger partial charge in [0.1, 0.15) is 5.75 Å². The van der Waals surface area contributed by atoms with E-state index in [1.807, 2.05) is 38.1 Å². The van der Waals surface area contributed by atoms with Gasteiger partial charge < -0.3 is 15.7 Å². The van der Waals surface area contributed by atoms with E-state index in [1.54, 1.807) is 18.2 Å². The summed E-state index contributed by atoms with van der Waals surface area (Å²) in [5.41, 5.74) is 3.14. The summed E-state index contributed by atoms with van der Waals surface area (Å²) in [4.78, 5) is 25.3. The van der Waals surface area contributed by atoms with Crippen LogP contribution in [0, 0.1) is 5.92 Å². The number of phenols is 1. The molecule has 1 aliphatic carbocycles. The van der Waals surface area contributed by atoms with Crippen LogP contribution >= 0.6 is 11.6 Å². The van der Waals surface area contributed by atoms with Gasteiger partial charge in [0, 0.05) is 34.7 Å². The molecule has 1 saturated carbocycles. The molecule has 1 heterocycles. The standard InChI is InChI=1S/C26H29ClN4O3/c1-16(2)25(33)29-19-11-12-24(32)20(13-19)22-14-23(17-7-3-4-8-17)31(30-22)26(34)28-15-18-9-5-6-10-21(18)27/h5-6,9-14,16-17,32H,3-4,7-8,15H2,1-2H3,(H,28,34)(H,29,33). The topological polar surface area (TPSA) is 96.2 Å². The second-order valence-electron chi connectivity index (χ2n) is 8.97. The van der Waals surface area contributed by atoms with E-state index in [-0.39, 0.29) is 36.1 Å². The van der Waals surface area contributed by atoms with Gasteiger partial charge in [0.25, 0.3) is 0 Å². The molecule has 0 radical (unpaired) electrons. The van der Waals surface area contributed by atoms with Crippen molar-refractivity contribution < 1.29 is 14.7 Å². The quantitative estimate of drug-likeness (QED) is 0.381. The van der Waals surface area contributed by atoms with E-state index in [1.165, 1.54) is 10.7 Å². The predicted octanol–water partition coefficient (Wildman–Crippen LogP) is 5.92. The van der Waals surface area contributed by atoms with Gasteiger partial charge in [-0.25, -0.2) is 4.79 Å². The van der Waals surface area contributed by atoms with Gasteiger partial charge in [0.2, 0.25) is 5.91 Å². The first kappa shape index (κ1) is 23.8. The van der Waals surface area contributed by atoms with Crippen LogP contribution in [0.3, 0.4) is 0 Å². The third kappa shape index (κ3) is 5.25. The molecule has 0 atom stereocenters. The lowest BCUT2D eigenvalue weighted by Gasteiger charge is -2.12. The smallest absolute Gasteiger partial charge is 0.342 e. The first-order valence-corrected chi connectivity index (χ1v) is 12.0. The molecule has 4 rings (SSSR count). The number of amides is 2. The fourth-order valence-electron chi connectivity index (χ4n) is 4.20.